The monoisotopic (exact) mass is 635 g/mol. The number of ether oxygens (including phenoxy) is 1. The minimum absolute atomic E-state index is 0.0412. The van der Waals surface area contributed by atoms with Crippen LogP contribution in [0, 0.1) is 17.8 Å². The van der Waals surface area contributed by atoms with Crippen molar-refractivity contribution >= 4 is 22.8 Å². The fourth-order valence-electron chi connectivity index (χ4n) is 6.68. The first-order valence-electron chi connectivity index (χ1n) is 16.6. The number of carbonyl (C=O) groups excluding carboxylic acids is 2. The zero-order chi connectivity index (χ0) is 33.3. The third-order valence-corrected chi connectivity index (χ3v) is 8.98. The van der Waals surface area contributed by atoms with Crippen molar-refractivity contribution in [2.75, 3.05) is 20.1 Å². The van der Waals surface area contributed by atoms with E-state index in [2.05, 4.69) is 76.3 Å². The van der Waals surface area contributed by atoms with Gasteiger partial charge in [0.25, 0.3) is 0 Å². The molecular weight excluding hydrogens is 590 g/mol. The number of fused-ring (bicyclic) bond motifs is 1. The van der Waals surface area contributed by atoms with Crippen LogP contribution in [0.25, 0.3) is 22.0 Å². The van der Waals surface area contributed by atoms with Crippen molar-refractivity contribution in [1.82, 2.24) is 35.1 Å². The summed E-state index contributed by atoms with van der Waals surface area (Å²) in [4.78, 5) is 45.8. The van der Waals surface area contributed by atoms with E-state index in [0.717, 1.165) is 71.5 Å². The summed E-state index contributed by atoms with van der Waals surface area (Å²) in [6.07, 6.45) is 6.89. The quantitative estimate of drug-likeness (QED) is 0.213. The summed E-state index contributed by atoms with van der Waals surface area (Å²) < 4.78 is 5.60. The molecule has 4 heterocycles. The van der Waals surface area contributed by atoms with Crippen molar-refractivity contribution in [2.45, 2.75) is 84.0 Å². The lowest BCUT2D eigenvalue weighted by atomic mass is 10.0. The Morgan fingerprint density at radius 1 is 0.915 bits per heavy atom. The average Bonchev–Trinajstić information content (AvgIpc) is 3.85. The normalized spacial score (nSPS) is 18.9. The molecule has 1 unspecified atom stereocenters. The van der Waals surface area contributed by atoms with Crippen LogP contribution in [0.3, 0.4) is 0 Å². The van der Waals surface area contributed by atoms with Crippen molar-refractivity contribution in [3.63, 3.8) is 0 Å². The summed E-state index contributed by atoms with van der Waals surface area (Å²) in [6.45, 7) is 11.2. The molecule has 2 amide bonds. The van der Waals surface area contributed by atoms with Crippen LogP contribution in [-0.4, -0.2) is 73.5 Å². The van der Waals surface area contributed by atoms with Gasteiger partial charge in [-0.25, -0.2) is 14.8 Å². The van der Waals surface area contributed by atoms with Gasteiger partial charge in [0.15, 0.2) is 0 Å². The lowest BCUT2D eigenvalue weighted by Gasteiger charge is -2.29. The highest BCUT2D eigenvalue weighted by molar-refractivity contribution is 5.88. The predicted molar refractivity (Wildman–Crippen MR) is 182 cm³/mol. The van der Waals surface area contributed by atoms with Gasteiger partial charge < -0.3 is 24.9 Å². The van der Waals surface area contributed by atoms with Gasteiger partial charge in [-0.15, -0.1) is 0 Å². The number of amides is 2. The maximum atomic E-state index is 13.3. The Kier molecular flexibility index (Phi) is 9.11. The Bertz CT molecular complexity index is 1820. The highest BCUT2D eigenvalue weighted by Crippen LogP contribution is 2.34. The van der Waals surface area contributed by atoms with Gasteiger partial charge in [0.1, 0.15) is 22.9 Å². The topological polar surface area (TPSA) is 119 Å². The second kappa shape index (κ2) is 13.2. The molecule has 0 radical (unpaired) electrons. The predicted octanol–water partition coefficient (Wildman–Crippen LogP) is 6.33. The summed E-state index contributed by atoms with van der Waals surface area (Å²) in [5.41, 5.74) is 3.03. The van der Waals surface area contributed by atoms with Crippen molar-refractivity contribution in [3.05, 3.63) is 71.7 Å². The van der Waals surface area contributed by atoms with Gasteiger partial charge >= 0.3 is 6.09 Å². The highest BCUT2D eigenvalue weighted by atomic mass is 16.6. The number of benzene rings is 2. The van der Waals surface area contributed by atoms with Crippen LogP contribution in [0.5, 0.6) is 0 Å². The van der Waals surface area contributed by atoms with E-state index in [1.807, 2.05) is 45.0 Å². The molecule has 47 heavy (non-hydrogen) atoms. The SMILES string of the molecule is CNC(C(=O)N1CCC[C@H]1c1ncc(-c2ccc3cc(C#Cc4cnc([C@@H]5CCCN5C(=O)OC(C)(C)C)[nH]4)ccc3c2)[nH]1)C(C)C. The van der Waals surface area contributed by atoms with Gasteiger partial charge in [0.05, 0.1) is 36.2 Å². The Hall–Kier alpha value is -4.62. The van der Waals surface area contributed by atoms with Crippen molar-refractivity contribution in [3.8, 4) is 23.1 Å². The number of aromatic amines is 2. The third kappa shape index (κ3) is 7.05. The molecule has 0 saturated carbocycles. The molecule has 246 valence electrons. The minimum atomic E-state index is -0.544. The average molecular weight is 636 g/mol. The van der Waals surface area contributed by atoms with Crippen LogP contribution in [-0.2, 0) is 9.53 Å². The van der Waals surface area contributed by atoms with E-state index in [4.69, 9.17) is 9.72 Å². The number of nitrogens with zero attached hydrogens (tertiary/aromatic N) is 4. The van der Waals surface area contributed by atoms with Crippen LogP contribution >= 0.6 is 0 Å². The second-order valence-corrected chi connectivity index (χ2v) is 13.9. The first-order chi connectivity index (χ1) is 22.5. The molecule has 0 aliphatic carbocycles. The number of imidazole rings is 2. The molecule has 2 fully saturated rings. The number of H-pyrrole nitrogens is 2. The summed E-state index contributed by atoms with van der Waals surface area (Å²) >= 11 is 0. The van der Waals surface area contributed by atoms with Crippen molar-refractivity contribution in [2.24, 2.45) is 5.92 Å². The molecule has 2 aromatic carbocycles. The highest BCUT2D eigenvalue weighted by Gasteiger charge is 2.36. The van der Waals surface area contributed by atoms with E-state index in [1.54, 1.807) is 11.1 Å². The zero-order valence-electron chi connectivity index (χ0n) is 28.2. The largest absolute Gasteiger partial charge is 0.444 e. The summed E-state index contributed by atoms with van der Waals surface area (Å²) in [6, 6.07) is 12.1. The number of rotatable bonds is 6. The van der Waals surface area contributed by atoms with Gasteiger partial charge in [0, 0.05) is 24.2 Å². The molecular formula is C37H45N7O3. The zero-order valence-corrected chi connectivity index (χ0v) is 28.2. The fourth-order valence-corrected chi connectivity index (χ4v) is 6.68. The second-order valence-electron chi connectivity index (χ2n) is 13.9. The Morgan fingerprint density at radius 3 is 2.30 bits per heavy atom. The van der Waals surface area contributed by atoms with Crippen molar-refractivity contribution < 1.29 is 14.3 Å². The molecule has 6 rings (SSSR count). The van der Waals surface area contributed by atoms with Crippen molar-refractivity contribution in [1.29, 1.82) is 0 Å². The Labute approximate surface area is 276 Å². The maximum absolute atomic E-state index is 13.3. The number of aromatic nitrogens is 4. The van der Waals surface area contributed by atoms with Crippen LogP contribution in [0.15, 0.2) is 48.8 Å². The van der Waals surface area contributed by atoms with Gasteiger partial charge in [-0.05, 0) is 94.3 Å². The van der Waals surface area contributed by atoms with E-state index >= 15 is 0 Å². The van der Waals surface area contributed by atoms with Crippen LogP contribution in [0.4, 0.5) is 4.79 Å². The molecule has 0 bridgehead atoms. The molecule has 2 aromatic heterocycles. The van der Waals surface area contributed by atoms with Crippen LogP contribution < -0.4 is 5.32 Å². The van der Waals surface area contributed by atoms with E-state index in [0.29, 0.717) is 12.2 Å². The molecule has 10 nitrogen and oxygen atoms in total. The Morgan fingerprint density at radius 2 is 1.57 bits per heavy atom. The molecule has 3 N–H and O–H groups in total. The molecule has 2 saturated heterocycles. The molecule has 3 atom stereocenters. The number of carbonyl (C=O) groups is 2. The third-order valence-electron chi connectivity index (χ3n) is 8.98. The smallest absolute Gasteiger partial charge is 0.410 e. The van der Waals surface area contributed by atoms with Gasteiger partial charge in [-0.3, -0.25) is 9.69 Å². The maximum Gasteiger partial charge on any atom is 0.410 e. The lowest BCUT2D eigenvalue weighted by molar-refractivity contribution is -0.135. The molecule has 0 spiro atoms. The molecule has 2 aliphatic heterocycles. The van der Waals surface area contributed by atoms with Gasteiger partial charge in [0.2, 0.25) is 5.91 Å². The number of hydrogen-bond acceptors (Lipinski definition) is 6. The summed E-state index contributed by atoms with van der Waals surface area (Å²) in [5, 5.41) is 5.38. The van der Waals surface area contributed by atoms with E-state index < -0.39 is 5.60 Å². The van der Waals surface area contributed by atoms with Gasteiger partial charge in [-0.1, -0.05) is 38.0 Å². The molecule has 4 aromatic rings. The lowest BCUT2D eigenvalue weighted by Crippen LogP contribution is -2.47. The first kappa shape index (κ1) is 32.3. The summed E-state index contributed by atoms with van der Waals surface area (Å²) in [7, 11) is 1.85. The number of likely N-dealkylation sites (tertiary alicyclic amines) is 2. The van der Waals surface area contributed by atoms with E-state index in [-0.39, 0.29) is 36.0 Å². The Balaban J connectivity index is 1.14. The number of likely N-dealkylation sites (N-methyl/N-ethyl adjacent to an activating group) is 1. The van der Waals surface area contributed by atoms with E-state index in [1.165, 1.54) is 0 Å². The molecule has 2 aliphatic rings. The van der Waals surface area contributed by atoms with Gasteiger partial charge in [-0.2, -0.15) is 0 Å². The van der Waals surface area contributed by atoms with Crippen LogP contribution in [0.2, 0.25) is 0 Å². The molecule has 10 heteroatoms. The van der Waals surface area contributed by atoms with E-state index in [9.17, 15) is 9.59 Å². The fraction of sp³-hybridized carbons (Fsp3) is 0.459. The first-order valence-corrected chi connectivity index (χ1v) is 16.6. The standard InChI is InChI=1S/C37H45N7O3/c1-23(2)32(38-6)35(45)43-17-7-9-30(43)34-40-22-29(42-34)27-15-14-25-19-24(11-13-26(25)20-27)12-16-28-21-39-33(41-28)31-10-8-18-44(31)36(46)47-37(3,4)5/h11,13-15,19-23,30-32,38H,7-10,17-18H2,1-6H3,(H,39,41)(H,40,42)/t30-,31-,32?/m0/s1. The number of hydrogen-bond donors (Lipinski definition) is 3. The summed E-state index contributed by atoms with van der Waals surface area (Å²) in [5.74, 6) is 8.37. The van der Waals surface area contributed by atoms with Crippen LogP contribution in [0.1, 0.15) is 95.3 Å². The minimum Gasteiger partial charge on any atom is -0.444 e. The number of nitrogens with one attached hydrogen (secondary N) is 3.